The molecule has 0 saturated heterocycles. The van der Waals surface area contributed by atoms with Crippen molar-refractivity contribution < 1.29 is 38.3 Å². The summed E-state index contributed by atoms with van der Waals surface area (Å²) in [6.45, 7) is 22.2. The average Bonchev–Trinajstić information content (AvgIpc) is 2.77. The molecule has 2 aliphatic carbocycles. The molecule has 0 N–H and O–H groups in total. The standard InChI is InChI=1S/C10H16.C10H15.BF4.Pt/c2*1-6-7(2)9(4)10(5)8(6)3;2-1(3,4)5;/h6H,1-5H3;1-5H3;;/q;;-1;. The Bertz CT molecular complexity index is 436. The van der Waals surface area contributed by atoms with Crippen LogP contribution in [0.25, 0.3) is 0 Å². The van der Waals surface area contributed by atoms with Crippen molar-refractivity contribution in [3.05, 3.63) is 51.9 Å². The first-order valence-corrected chi connectivity index (χ1v) is 8.53. The maximum atomic E-state index is 9.75. The molecule has 2 rings (SSSR count). The number of hydrogen-bond donors (Lipinski definition) is 0. The molecule has 26 heavy (non-hydrogen) atoms. The molecular weight excluding hydrogens is 522 g/mol. The molecule has 0 aromatic carbocycles. The van der Waals surface area contributed by atoms with Crippen LogP contribution in [0.1, 0.15) is 69.2 Å². The molecule has 0 aliphatic heterocycles. The molecule has 0 unspecified atom stereocenters. The Morgan fingerprint density at radius 3 is 0.769 bits per heavy atom. The summed E-state index contributed by atoms with van der Waals surface area (Å²) in [7, 11) is -6.00. The van der Waals surface area contributed by atoms with Crippen molar-refractivity contribution in [1.82, 2.24) is 0 Å². The van der Waals surface area contributed by atoms with Gasteiger partial charge in [0.25, 0.3) is 0 Å². The molecule has 0 aromatic heterocycles. The van der Waals surface area contributed by atoms with Gasteiger partial charge in [-0.15, -0.1) is 0 Å². The molecule has 5 radical (unpaired) electrons. The van der Waals surface area contributed by atoms with Gasteiger partial charge in [0.2, 0.25) is 0 Å². The van der Waals surface area contributed by atoms with E-state index >= 15 is 0 Å². The van der Waals surface area contributed by atoms with Crippen LogP contribution in [-0.4, -0.2) is 7.25 Å². The summed E-state index contributed by atoms with van der Waals surface area (Å²) >= 11 is 0. The van der Waals surface area contributed by atoms with Crippen molar-refractivity contribution in [2.24, 2.45) is 5.92 Å². The van der Waals surface area contributed by atoms with Crippen LogP contribution in [0.2, 0.25) is 0 Å². The van der Waals surface area contributed by atoms with E-state index in [1.807, 2.05) is 0 Å². The first kappa shape index (κ1) is 28.2. The summed E-state index contributed by atoms with van der Waals surface area (Å²) in [5, 5.41) is 0. The van der Waals surface area contributed by atoms with Crippen LogP contribution in [0.3, 0.4) is 0 Å². The average molecular weight is 553 g/mol. The van der Waals surface area contributed by atoms with E-state index in [2.05, 4.69) is 69.2 Å². The quantitative estimate of drug-likeness (QED) is 0.214. The molecule has 0 spiro atoms. The van der Waals surface area contributed by atoms with Gasteiger partial charge >= 0.3 is 7.25 Å². The van der Waals surface area contributed by atoms with Crippen LogP contribution in [-0.2, 0) is 21.1 Å². The van der Waals surface area contributed by atoms with Gasteiger partial charge in [-0.1, -0.05) is 52.7 Å². The van der Waals surface area contributed by atoms with Crippen molar-refractivity contribution in [1.29, 1.82) is 0 Å². The summed E-state index contributed by atoms with van der Waals surface area (Å²) in [4.78, 5) is 0. The minimum atomic E-state index is -6.00. The van der Waals surface area contributed by atoms with Crippen molar-refractivity contribution >= 4 is 7.25 Å². The van der Waals surface area contributed by atoms with E-state index in [1.165, 1.54) is 40.7 Å². The topological polar surface area (TPSA) is 0 Å². The van der Waals surface area contributed by atoms with Crippen LogP contribution in [0.5, 0.6) is 0 Å². The second-order valence-electron chi connectivity index (χ2n) is 6.96. The molecule has 0 amide bonds. The second-order valence-corrected chi connectivity index (χ2v) is 6.96. The van der Waals surface area contributed by atoms with Crippen molar-refractivity contribution in [3.63, 3.8) is 0 Å². The first-order chi connectivity index (χ1) is 11.1. The number of allylic oxidation sites excluding steroid dienone is 4. The minimum Gasteiger partial charge on any atom is -0.418 e. The van der Waals surface area contributed by atoms with E-state index in [0.29, 0.717) is 5.92 Å². The predicted molar refractivity (Wildman–Crippen MR) is 101 cm³/mol. The summed E-state index contributed by atoms with van der Waals surface area (Å²) < 4.78 is 39.0. The second kappa shape index (κ2) is 11.1. The van der Waals surface area contributed by atoms with Gasteiger partial charge in [-0.2, -0.15) is 0 Å². The largest absolute Gasteiger partial charge is 0.673 e. The zero-order chi connectivity index (χ0) is 20.3. The Morgan fingerprint density at radius 2 is 0.692 bits per heavy atom. The molecule has 0 bridgehead atoms. The minimum absolute atomic E-state index is 0. The molecule has 6 heteroatoms. The van der Waals surface area contributed by atoms with Gasteiger partial charge in [-0.3, -0.25) is 0 Å². The van der Waals surface area contributed by atoms with Crippen molar-refractivity contribution in [2.45, 2.75) is 69.2 Å². The fourth-order valence-electron chi connectivity index (χ4n) is 2.97. The van der Waals surface area contributed by atoms with Crippen LogP contribution in [0.15, 0.2) is 22.3 Å². The maximum Gasteiger partial charge on any atom is 0.673 e. The van der Waals surface area contributed by atoms with Gasteiger partial charge in [0.1, 0.15) is 0 Å². The predicted octanol–water partition coefficient (Wildman–Crippen LogP) is 7.58. The van der Waals surface area contributed by atoms with Crippen LogP contribution in [0, 0.1) is 35.5 Å². The molecule has 0 nitrogen and oxygen atoms in total. The Labute approximate surface area is 172 Å². The van der Waals surface area contributed by atoms with Gasteiger partial charge in [0, 0.05) is 21.1 Å². The zero-order valence-electron chi connectivity index (χ0n) is 17.5. The van der Waals surface area contributed by atoms with E-state index in [-0.39, 0.29) is 21.1 Å². The maximum absolute atomic E-state index is 9.75. The van der Waals surface area contributed by atoms with Crippen molar-refractivity contribution in [3.8, 4) is 0 Å². The van der Waals surface area contributed by atoms with Gasteiger partial charge in [0.05, 0.1) is 0 Å². The monoisotopic (exact) mass is 553 g/mol. The zero-order valence-corrected chi connectivity index (χ0v) is 19.8. The third kappa shape index (κ3) is 7.91. The number of rotatable bonds is 0. The van der Waals surface area contributed by atoms with Gasteiger partial charge in [0.15, 0.2) is 0 Å². The van der Waals surface area contributed by atoms with Crippen LogP contribution in [0.4, 0.5) is 17.3 Å². The Kier molecular flexibility index (Phi) is 12.0. The van der Waals surface area contributed by atoms with Crippen molar-refractivity contribution in [2.75, 3.05) is 0 Å². The molecule has 1 saturated carbocycles. The normalized spacial score (nSPS) is 21.5. The molecule has 153 valence electrons. The molecular formula is C20H31BF4Pt-. The summed E-state index contributed by atoms with van der Waals surface area (Å²) in [5.41, 5.74) is 6.11. The molecule has 1 fully saturated rings. The number of hydrogen-bond acceptors (Lipinski definition) is 0. The van der Waals surface area contributed by atoms with E-state index in [1.54, 1.807) is 11.1 Å². The Morgan fingerprint density at radius 1 is 0.538 bits per heavy atom. The summed E-state index contributed by atoms with van der Waals surface area (Å²) in [6.07, 6.45) is 0. The molecule has 0 heterocycles. The third-order valence-corrected chi connectivity index (χ3v) is 5.86. The molecule has 0 aromatic rings. The van der Waals surface area contributed by atoms with Crippen LogP contribution < -0.4 is 0 Å². The Hall–Kier alpha value is -0.0468. The SMILES string of the molecule is CC1=C(C)C(C)C(C)=C1C.C[C]1[C](C)[C](C)[C](C)[C]1C.F[B-](F)(F)F.[Pt]. The van der Waals surface area contributed by atoms with E-state index in [4.69, 9.17) is 0 Å². The molecule has 0 atom stereocenters. The smallest absolute Gasteiger partial charge is 0.418 e. The first-order valence-electron chi connectivity index (χ1n) is 8.53. The van der Waals surface area contributed by atoms with Crippen LogP contribution >= 0.6 is 0 Å². The Balaban J connectivity index is 0. The van der Waals surface area contributed by atoms with Gasteiger partial charge in [-0.05, 0) is 74.3 Å². The van der Waals surface area contributed by atoms with E-state index in [9.17, 15) is 17.3 Å². The summed E-state index contributed by atoms with van der Waals surface area (Å²) in [6, 6.07) is 0. The fourth-order valence-corrected chi connectivity index (χ4v) is 2.97. The van der Waals surface area contributed by atoms with Gasteiger partial charge < -0.3 is 17.3 Å². The van der Waals surface area contributed by atoms with Gasteiger partial charge in [-0.25, -0.2) is 0 Å². The van der Waals surface area contributed by atoms with E-state index in [0.717, 1.165) is 0 Å². The third-order valence-electron chi connectivity index (χ3n) is 5.86. The number of halogens is 4. The summed E-state index contributed by atoms with van der Waals surface area (Å²) in [5.74, 6) is 8.03. The van der Waals surface area contributed by atoms with E-state index < -0.39 is 7.25 Å². The molecule has 2 aliphatic rings. The fraction of sp³-hybridized carbons (Fsp3) is 0.550.